The number of primary amides is 1. The van der Waals surface area contributed by atoms with Gasteiger partial charge in [0.05, 0.1) is 11.4 Å². The number of para-hydroxylation sites is 1. The molecule has 1 heterocycles. The Bertz CT molecular complexity index is 791. The zero-order valence-electron chi connectivity index (χ0n) is 11.7. The molecule has 6 heteroatoms. The van der Waals surface area contributed by atoms with Crippen LogP contribution in [0.5, 0.6) is 0 Å². The number of hydrogen-bond acceptors (Lipinski definition) is 4. The quantitative estimate of drug-likeness (QED) is 0.673. The number of nitrogens with one attached hydrogen (secondary N) is 1. The van der Waals surface area contributed by atoms with Crippen LogP contribution in [-0.2, 0) is 4.79 Å². The molecule has 2 aliphatic rings. The summed E-state index contributed by atoms with van der Waals surface area (Å²) in [5.41, 5.74) is 6.38. The number of carbonyl (C=O) groups is 1. The maximum absolute atomic E-state index is 11.8. The van der Waals surface area contributed by atoms with Gasteiger partial charge in [-0.3, -0.25) is 4.79 Å². The number of fused-ring (bicyclic) bond motifs is 3. The molecule has 4 rings (SSSR count). The van der Waals surface area contributed by atoms with Gasteiger partial charge in [-0.1, -0.05) is 24.3 Å². The minimum Gasteiger partial charge on any atom is -0.369 e. The van der Waals surface area contributed by atoms with Crippen molar-refractivity contribution in [2.45, 2.75) is 12.5 Å². The number of amides is 1. The Hall–Kier alpha value is -2.14. The molecule has 1 fully saturated rings. The average molecular weight is 315 g/mol. The molecule has 2 aliphatic carbocycles. The minimum atomic E-state index is -0.265. The molecule has 4 atom stereocenters. The summed E-state index contributed by atoms with van der Waals surface area (Å²) in [6, 6.07) is 7.62. The smallest absolute Gasteiger partial charge is 0.224 e. The Kier molecular flexibility index (Phi) is 3.04. The van der Waals surface area contributed by atoms with Crippen LogP contribution in [0, 0.1) is 17.8 Å². The standard InChI is InChI=1S/C16H15ClN4O/c17-16-19-11-4-2-1-3-10(11)15(21-16)20-13-9-6-5-8(7-9)12(13)14(18)22/h1-6,8-9,12-13H,7H2,(H2,18,22)(H,19,20,21). The molecule has 0 aliphatic heterocycles. The molecule has 3 N–H and O–H groups in total. The van der Waals surface area contributed by atoms with Gasteiger partial charge in [-0.2, -0.15) is 0 Å². The van der Waals surface area contributed by atoms with E-state index in [4.69, 9.17) is 17.3 Å². The van der Waals surface area contributed by atoms with Crippen LogP contribution in [0.3, 0.4) is 0 Å². The van der Waals surface area contributed by atoms with Gasteiger partial charge >= 0.3 is 0 Å². The van der Waals surface area contributed by atoms with Crippen molar-refractivity contribution in [3.63, 3.8) is 0 Å². The van der Waals surface area contributed by atoms with E-state index < -0.39 is 0 Å². The molecule has 1 amide bonds. The van der Waals surface area contributed by atoms with Gasteiger partial charge in [0, 0.05) is 11.4 Å². The SMILES string of the molecule is NC(=O)C1C2C=CC(C2)C1Nc1nc(Cl)nc2ccccc12. The monoisotopic (exact) mass is 314 g/mol. The van der Waals surface area contributed by atoms with Crippen LogP contribution in [0.25, 0.3) is 10.9 Å². The molecule has 2 bridgehead atoms. The van der Waals surface area contributed by atoms with E-state index in [2.05, 4.69) is 27.4 Å². The second-order valence-corrected chi connectivity index (χ2v) is 6.24. The first-order valence-corrected chi connectivity index (χ1v) is 7.68. The van der Waals surface area contributed by atoms with Crippen molar-refractivity contribution in [2.24, 2.45) is 23.5 Å². The summed E-state index contributed by atoms with van der Waals surface area (Å²) in [5.74, 6) is 0.715. The largest absolute Gasteiger partial charge is 0.369 e. The van der Waals surface area contributed by atoms with Gasteiger partial charge < -0.3 is 11.1 Å². The van der Waals surface area contributed by atoms with E-state index in [1.165, 1.54) is 0 Å². The van der Waals surface area contributed by atoms with Crippen molar-refractivity contribution in [3.8, 4) is 0 Å². The normalized spacial score (nSPS) is 29.1. The summed E-state index contributed by atoms with van der Waals surface area (Å²) >= 11 is 6.02. The zero-order chi connectivity index (χ0) is 15.3. The molecule has 0 saturated heterocycles. The van der Waals surface area contributed by atoms with Crippen molar-refractivity contribution in [3.05, 3.63) is 41.7 Å². The summed E-state index contributed by atoms with van der Waals surface area (Å²) in [6.45, 7) is 0. The second kappa shape index (κ2) is 4.95. The highest BCUT2D eigenvalue weighted by atomic mass is 35.5. The van der Waals surface area contributed by atoms with Crippen molar-refractivity contribution >= 4 is 34.2 Å². The molecular weight excluding hydrogens is 300 g/mol. The van der Waals surface area contributed by atoms with Gasteiger partial charge in [0.25, 0.3) is 0 Å². The van der Waals surface area contributed by atoms with E-state index in [1.54, 1.807) is 0 Å². The van der Waals surface area contributed by atoms with Crippen LogP contribution < -0.4 is 11.1 Å². The van der Waals surface area contributed by atoms with Gasteiger partial charge in [-0.05, 0) is 42.0 Å². The molecule has 0 radical (unpaired) electrons. The lowest BCUT2D eigenvalue weighted by atomic mass is 9.88. The van der Waals surface area contributed by atoms with Crippen LogP contribution in [0.15, 0.2) is 36.4 Å². The Morgan fingerprint density at radius 3 is 2.82 bits per heavy atom. The van der Waals surface area contributed by atoms with E-state index in [9.17, 15) is 4.79 Å². The molecule has 2 aromatic rings. The Labute approximate surface area is 132 Å². The van der Waals surface area contributed by atoms with Gasteiger partial charge in [-0.25, -0.2) is 9.97 Å². The number of nitrogens with two attached hydrogens (primary N) is 1. The van der Waals surface area contributed by atoms with Crippen molar-refractivity contribution < 1.29 is 4.79 Å². The van der Waals surface area contributed by atoms with Gasteiger partial charge in [0.2, 0.25) is 11.2 Å². The maximum Gasteiger partial charge on any atom is 0.224 e. The van der Waals surface area contributed by atoms with Crippen LogP contribution >= 0.6 is 11.6 Å². The topological polar surface area (TPSA) is 80.9 Å². The number of carbonyl (C=O) groups excluding carboxylic acids is 1. The Balaban J connectivity index is 1.75. The fraction of sp³-hybridized carbons (Fsp3) is 0.312. The number of nitrogens with zero attached hydrogens (tertiary/aromatic N) is 2. The first kappa shape index (κ1) is 13.5. The highest BCUT2D eigenvalue weighted by molar-refractivity contribution is 6.28. The number of benzene rings is 1. The fourth-order valence-electron chi connectivity index (χ4n) is 3.72. The highest BCUT2D eigenvalue weighted by Crippen LogP contribution is 2.45. The second-order valence-electron chi connectivity index (χ2n) is 5.90. The van der Waals surface area contributed by atoms with E-state index in [0.29, 0.717) is 11.7 Å². The van der Waals surface area contributed by atoms with Crippen LogP contribution in [0.2, 0.25) is 5.28 Å². The number of rotatable bonds is 3. The first-order valence-electron chi connectivity index (χ1n) is 7.30. The summed E-state index contributed by atoms with van der Waals surface area (Å²) < 4.78 is 0. The molecule has 0 spiro atoms. The van der Waals surface area contributed by atoms with Crippen LogP contribution in [0.4, 0.5) is 5.82 Å². The van der Waals surface area contributed by atoms with Crippen molar-refractivity contribution in [1.29, 1.82) is 0 Å². The molecule has 1 saturated carbocycles. The molecule has 112 valence electrons. The molecule has 22 heavy (non-hydrogen) atoms. The number of hydrogen-bond donors (Lipinski definition) is 2. The lowest BCUT2D eigenvalue weighted by molar-refractivity contribution is -0.122. The van der Waals surface area contributed by atoms with E-state index in [0.717, 1.165) is 17.3 Å². The Morgan fingerprint density at radius 1 is 1.23 bits per heavy atom. The fourth-order valence-corrected chi connectivity index (χ4v) is 3.90. The predicted octanol–water partition coefficient (Wildman–Crippen LogP) is 2.37. The summed E-state index contributed by atoms with van der Waals surface area (Å²) in [4.78, 5) is 20.3. The molecular formula is C16H15ClN4O. The number of halogens is 1. The average Bonchev–Trinajstić information content (AvgIpc) is 3.08. The van der Waals surface area contributed by atoms with E-state index in [-0.39, 0.29) is 29.1 Å². The maximum atomic E-state index is 11.8. The summed E-state index contributed by atoms with van der Waals surface area (Å²) in [7, 11) is 0. The van der Waals surface area contributed by atoms with E-state index >= 15 is 0 Å². The third-order valence-electron chi connectivity index (χ3n) is 4.67. The van der Waals surface area contributed by atoms with Crippen molar-refractivity contribution in [2.75, 3.05) is 5.32 Å². The molecule has 1 aromatic carbocycles. The lowest BCUT2D eigenvalue weighted by Crippen LogP contribution is -2.41. The van der Waals surface area contributed by atoms with Crippen LogP contribution in [-0.4, -0.2) is 21.9 Å². The summed E-state index contributed by atoms with van der Waals surface area (Å²) in [6.07, 6.45) is 5.22. The van der Waals surface area contributed by atoms with Crippen molar-refractivity contribution in [1.82, 2.24) is 9.97 Å². The number of aromatic nitrogens is 2. The molecule has 1 aromatic heterocycles. The lowest BCUT2D eigenvalue weighted by Gasteiger charge is -2.27. The number of anilines is 1. The zero-order valence-corrected chi connectivity index (χ0v) is 12.5. The number of allylic oxidation sites excluding steroid dienone is 1. The molecule has 4 unspecified atom stereocenters. The van der Waals surface area contributed by atoms with E-state index in [1.807, 2.05) is 24.3 Å². The highest BCUT2D eigenvalue weighted by Gasteiger charge is 2.47. The third kappa shape index (κ3) is 2.04. The minimum absolute atomic E-state index is 0.0399. The Morgan fingerprint density at radius 2 is 2.00 bits per heavy atom. The van der Waals surface area contributed by atoms with Gasteiger partial charge in [0.1, 0.15) is 5.82 Å². The van der Waals surface area contributed by atoms with Gasteiger partial charge in [-0.15, -0.1) is 0 Å². The predicted molar refractivity (Wildman–Crippen MR) is 85.4 cm³/mol. The van der Waals surface area contributed by atoms with Crippen LogP contribution in [0.1, 0.15) is 6.42 Å². The molecule has 5 nitrogen and oxygen atoms in total. The first-order chi connectivity index (χ1) is 10.6. The summed E-state index contributed by atoms with van der Waals surface area (Å²) in [5, 5.41) is 4.48. The third-order valence-corrected chi connectivity index (χ3v) is 4.84. The van der Waals surface area contributed by atoms with Gasteiger partial charge in [0.15, 0.2) is 0 Å².